The second-order valence-corrected chi connectivity index (χ2v) is 5.21. The zero-order valence-corrected chi connectivity index (χ0v) is 9.71. The van der Waals surface area contributed by atoms with Gasteiger partial charge in [-0.25, -0.2) is 13.1 Å². The summed E-state index contributed by atoms with van der Waals surface area (Å²) in [6.45, 7) is 3.78. The molecule has 15 heavy (non-hydrogen) atoms. The summed E-state index contributed by atoms with van der Waals surface area (Å²) >= 11 is 0. The molecule has 0 saturated heterocycles. The molecule has 1 unspecified atom stereocenters. The quantitative estimate of drug-likeness (QED) is 0.793. The highest BCUT2D eigenvalue weighted by Gasteiger charge is 2.17. The summed E-state index contributed by atoms with van der Waals surface area (Å²) in [7, 11) is -3.43. The van der Waals surface area contributed by atoms with Crippen molar-refractivity contribution >= 4 is 10.0 Å². The first kappa shape index (κ1) is 12.2. The molecule has 4 nitrogen and oxygen atoms in total. The standard InChI is InChI=1S/C10H16N2O2S/c1-8-5-3-4-6-10(8)15(13,14)12-9(2)7-11/h3-6,9,12H,7,11H2,1-2H3. The molecule has 0 aliphatic carbocycles. The van der Waals surface area contributed by atoms with E-state index in [0.717, 1.165) is 5.56 Å². The number of nitrogens with one attached hydrogen (secondary N) is 1. The van der Waals surface area contributed by atoms with Gasteiger partial charge in [-0.2, -0.15) is 0 Å². The zero-order chi connectivity index (χ0) is 11.5. The molecule has 1 rings (SSSR count). The highest BCUT2D eigenvalue weighted by Crippen LogP contribution is 2.13. The van der Waals surface area contributed by atoms with Crippen molar-refractivity contribution < 1.29 is 8.42 Å². The number of benzene rings is 1. The Kier molecular flexibility index (Phi) is 3.84. The van der Waals surface area contributed by atoms with Crippen LogP contribution in [-0.2, 0) is 10.0 Å². The minimum atomic E-state index is -3.43. The van der Waals surface area contributed by atoms with Gasteiger partial charge in [0.2, 0.25) is 10.0 Å². The fourth-order valence-electron chi connectivity index (χ4n) is 1.23. The Bertz CT molecular complexity index is 429. The third kappa shape index (κ3) is 3.02. The highest BCUT2D eigenvalue weighted by atomic mass is 32.2. The van der Waals surface area contributed by atoms with E-state index in [2.05, 4.69) is 4.72 Å². The Balaban J connectivity index is 3.02. The predicted molar refractivity (Wildman–Crippen MR) is 60.0 cm³/mol. The van der Waals surface area contributed by atoms with Crippen molar-refractivity contribution in [3.63, 3.8) is 0 Å². The van der Waals surface area contributed by atoms with Crippen LogP contribution in [0.25, 0.3) is 0 Å². The molecule has 3 N–H and O–H groups in total. The second-order valence-electron chi connectivity index (χ2n) is 3.52. The Morgan fingerprint density at radius 2 is 2.00 bits per heavy atom. The molecule has 0 heterocycles. The van der Waals surface area contributed by atoms with Crippen LogP contribution in [-0.4, -0.2) is 21.0 Å². The molecular weight excluding hydrogens is 212 g/mol. The molecule has 0 radical (unpaired) electrons. The SMILES string of the molecule is Cc1ccccc1S(=O)(=O)NC(C)CN. The monoisotopic (exact) mass is 228 g/mol. The summed E-state index contributed by atoms with van der Waals surface area (Å²) in [6.07, 6.45) is 0. The third-order valence-electron chi connectivity index (χ3n) is 2.09. The van der Waals surface area contributed by atoms with Gasteiger partial charge in [-0.3, -0.25) is 0 Å². The highest BCUT2D eigenvalue weighted by molar-refractivity contribution is 7.89. The fourth-order valence-corrected chi connectivity index (χ4v) is 2.74. The molecule has 0 aliphatic rings. The molecule has 0 aromatic heterocycles. The lowest BCUT2D eigenvalue weighted by Crippen LogP contribution is -2.37. The Morgan fingerprint density at radius 3 is 2.53 bits per heavy atom. The topological polar surface area (TPSA) is 72.2 Å². The Labute approximate surface area is 90.5 Å². The maximum Gasteiger partial charge on any atom is 0.241 e. The summed E-state index contributed by atoms with van der Waals surface area (Å²) in [6, 6.07) is 6.60. The van der Waals surface area contributed by atoms with Crippen LogP contribution in [0.2, 0.25) is 0 Å². The van der Waals surface area contributed by atoms with Crippen LogP contribution in [0.1, 0.15) is 12.5 Å². The second kappa shape index (κ2) is 4.74. The molecule has 84 valence electrons. The third-order valence-corrected chi connectivity index (χ3v) is 3.84. The summed E-state index contributed by atoms with van der Waals surface area (Å²) in [4.78, 5) is 0.310. The molecule has 0 bridgehead atoms. The van der Waals surface area contributed by atoms with E-state index >= 15 is 0 Å². The van der Waals surface area contributed by atoms with Crippen molar-refractivity contribution in [1.82, 2.24) is 4.72 Å². The van der Waals surface area contributed by atoms with Crippen LogP contribution < -0.4 is 10.5 Å². The maximum absolute atomic E-state index is 11.9. The minimum absolute atomic E-state index is 0.255. The van der Waals surface area contributed by atoms with Crippen molar-refractivity contribution in [2.24, 2.45) is 5.73 Å². The largest absolute Gasteiger partial charge is 0.329 e. The Hall–Kier alpha value is -0.910. The van der Waals surface area contributed by atoms with E-state index in [-0.39, 0.29) is 12.6 Å². The molecule has 5 heteroatoms. The molecule has 1 aromatic rings. The number of nitrogens with two attached hydrogens (primary N) is 1. The first-order chi connectivity index (χ1) is 6.97. The smallest absolute Gasteiger partial charge is 0.241 e. The minimum Gasteiger partial charge on any atom is -0.329 e. The van der Waals surface area contributed by atoms with E-state index in [1.165, 1.54) is 0 Å². The number of rotatable bonds is 4. The average Bonchev–Trinajstić information content (AvgIpc) is 2.17. The average molecular weight is 228 g/mol. The predicted octanol–water partition coefficient (Wildman–Crippen LogP) is 0.621. The summed E-state index contributed by atoms with van der Waals surface area (Å²) < 4.78 is 26.2. The molecule has 0 amide bonds. The molecule has 1 atom stereocenters. The maximum atomic E-state index is 11.9. The summed E-state index contributed by atoms with van der Waals surface area (Å²) in [5, 5.41) is 0. The van der Waals surface area contributed by atoms with Crippen molar-refractivity contribution in [2.75, 3.05) is 6.54 Å². The van der Waals surface area contributed by atoms with E-state index < -0.39 is 10.0 Å². The van der Waals surface area contributed by atoms with Gasteiger partial charge < -0.3 is 5.73 Å². The van der Waals surface area contributed by atoms with Gasteiger partial charge in [0.25, 0.3) is 0 Å². The number of hydrogen-bond donors (Lipinski definition) is 2. The zero-order valence-electron chi connectivity index (χ0n) is 8.90. The van der Waals surface area contributed by atoms with E-state index in [4.69, 9.17) is 5.73 Å². The van der Waals surface area contributed by atoms with Crippen molar-refractivity contribution in [3.05, 3.63) is 29.8 Å². The van der Waals surface area contributed by atoms with E-state index in [9.17, 15) is 8.42 Å². The van der Waals surface area contributed by atoms with Crippen molar-refractivity contribution in [1.29, 1.82) is 0 Å². The first-order valence-corrected chi connectivity index (χ1v) is 6.23. The number of hydrogen-bond acceptors (Lipinski definition) is 3. The van der Waals surface area contributed by atoms with Gasteiger partial charge in [0.05, 0.1) is 4.90 Å². The summed E-state index contributed by atoms with van der Waals surface area (Å²) in [5.74, 6) is 0. The van der Waals surface area contributed by atoms with Crippen molar-refractivity contribution in [3.8, 4) is 0 Å². The molecular formula is C10H16N2O2S. The lowest BCUT2D eigenvalue weighted by molar-refractivity contribution is 0.562. The van der Waals surface area contributed by atoms with Crippen LogP contribution in [0.15, 0.2) is 29.2 Å². The molecule has 0 spiro atoms. The van der Waals surface area contributed by atoms with Crippen LogP contribution >= 0.6 is 0 Å². The van der Waals surface area contributed by atoms with E-state index in [0.29, 0.717) is 4.90 Å². The van der Waals surface area contributed by atoms with Gasteiger partial charge in [-0.05, 0) is 25.5 Å². The number of aryl methyl sites for hydroxylation is 1. The fraction of sp³-hybridized carbons (Fsp3) is 0.400. The molecule has 0 fully saturated rings. The Morgan fingerprint density at radius 1 is 1.40 bits per heavy atom. The van der Waals surface area contributed by atoms with Crippen LogP contribution in [0.3, 0.4) is 0 Å². The number of sulfonamides is 1. The lowest BCUT2D eigenvalue weighted by Gasteiger charge is -2.13. The van der Waals surface area contributed by atoms with Crippen LogP contribution in [0, 0.1) is 6.92 Å². The van der Waals surface area contributed by atoms with Gasteiger partial charge in [0.1, 0.15) is 0 Å². The van der Waals surface area contributed by atoms with Crippen LogP contribution in [0.4, 0.5) is 0 Å². The van der Waals surface area contributed by atoms with Crippen LogP contribution in [0.5, 0.6) is 0 Å². The molecule has 0 saturated carbocycles. The first-order valence-electron chi connectivity index (χ1n) is 4.75. The van der Waals surface area contributed by atoms with Gasteiger partial charge in [0.15, 0.2) is 0 Å². The lowest BCUT2D eigenvalue weighted by atomic mass is 10.2. The van der Waals surface area contributed by atoms with Crippen molar-refractivity contribution in [2.45, 2.75) is 24.8 Å². The molecule has 1 aromatic carbocycles. The van der Waals surface area contributed by atoms with E-state index in [1.807, 2.05) is 0 Å². The van der Waals surface area contributed by atoms with E-state index in [1.54, 1.807) is 38.1 Å². The van der Waals surface area contributed by atoms with Gasteiger partial charge in [-0.15, -0.1) is 0 Å². The van der Waals surface area contributed by atoms with Gasteiger partial charge >= 0.3 is 0 Å². The summed E-state index contributed by atoms with van der Waals surface area (Å²) in [5.41, 5.74) is 6.10. The normalized spacial score (nSPS) is 13.8. The molecule has 0 aliphatic heterocycles. The van der Waals surface area contributed by atoms with Gasteiger partial charge in [-0.1, -0.05) is 18.2 Å². The van der Waals surface area contributed by atoms with Gasteiger partial charge in [0, 0.05) is 12.6 Å².